The van der Waals surface area contributed by atoms with Gasteiger partial charge in [-0.1, -0.05) is 35.3 Å². The molecule has 5 nitrogen and oxygen atoms in total. The van der Waals surface area contributed by atoms with Crippen molar-refractivity contribution in [3.8, 4) is 5.69 Å². The topological polar surface area (TPSA) is 59.8 Å². The third kappa shape index (κ3) is 3.70. The van der Waals surface area contributed by atoms with E-state index in [2.05, 4.69) is 15.5 Å². The summed E-state index contributed by atoms with van der Waals surface area (Å²) in [5, 5.41) is 11.3. The molecule has 1 N–H and O–H groups in total. The normalized spacial score (nSPS) is 10.5. The number of hydrogen-bond acceptors (Lipinski definition) is 3. The first-order valence-electron chi connectivity index (χ1n) is 6.80. The van der Waals surface area contributed by atoms with Crippen LogP contribution in [-0.4, -0.2) is 20.7 Å². The van der Waals surface area contributed by atoms with Gasteiger partial charge in [-0.3, -0.25) is 9.36 Å². The van der Waals surface area contributed by atoms with Crippen LogP contribution in [0.2, 0.25) is 10.0 Å². The lowest BCUT2D eigenvalue weighted by Crippen LogP contribution is -2.23. The molecule has 0 aliphatic rings. The van der Waals surface area contributed by atoms with Gasteiger partial charge in [0.1, 0.15) is 12.7 Å². The van der Waals surface area contributed by atoms with E-state index in [1.165, 1.54) is 0 Å². The van der Waals surface area contributed by atoms with E-state index in [-0.39, 0.29) is 5.91 Å². The molecule has 23 heavy (non-hydrogen) atoms. The minimum absolute atomic E-state index is 0.236. The molecular weight excluding hydrogens is 335 g/mol. The molecule has 0 radical (unpaired) electrons. The summed E-state index contributed by atoms with van der Waals surface area (Å²) in [6.07, 6.45) is 3.12. The standard InChI is InChI=1S/C16H12Cl2N4O/c17-12-3-1-11(2-4-12)8-19-16(23)14-6-5-13(7-15(14)18)22-9-20-21-10-22/h1-7,9-10H,8H2,(H,19,23). The second kappa shape index (κ2) is 6.81. The minimum atomic E-state index is -0.236. The summed E-state index contributed by atoms with van der Waals surface area (Å²) >= 11 is 12.0. The molecule has 0 saturated heterocycles. The predicted molar refractivity (Wildman–Crippen MR) is 89.0 cm³/mol. The smallest absolute Gasteiger partial charge is 0.253 e. The third-order valence-corrected chi connectivity index (χ3v) is 3.85. The fraction of sp³-hybridized carbons (Fsp3) is 0.0625. The molecule has 3 rings (SSSR count). The highest BCUT2D eigenvalue weighted by molar-refractivity contribution is 6.34. The van der Waals surface area contributed by atoms with E-state index in [9.17, 15) is 4.79 Å². The lowest BCUT2D eigenvalue weighted by Gasteiger charge is -2.09. The number of carbonyl (C=O) groups excluding carboxylic acids is 1. The lowest BCUT2D eigenvalue weighted by molar-refractivity contribution is 0.0951. The number of amides is 1. The average molecular weight is 347 g/mol. The Hall–Kier alpha value is -2.37. The quantitative estimate of drug-likeness (QED) is 0.786. The Morgan fingerprint density at radius 3 is 2.39 bits per heavy atom. The van der Waals surface area contributed by atoms with Crippen molar-refractivity contribution in [3.05, 3.63) is 76.3 Å². The molecule has 0 unspecified atom stereocenters. The van der Waals surface area contributed by atoms with Crippen molar-refractivity contribution in [3.63, 3.8) is 0 Å². The Balaban J connectivity index is 1.71. The van der Waals surface area contributed by atoms with Crippen LogP contribution in [0.15, 0.2) is 55.1 Å². The van der Waals surface area contributed by atoms with Gasteiger partial charge in [0.15, 0.2) is 0 Å². The van der Waals surface area contributed by atoms with Gasteiger partial charge in [-0.15, -0.1) is 10.2 Å². The first-order chi connectivity index (χ1) is 11.1. The molecule has 2 aromatic carbocycles. The zero-order valence-electron chi connectivity index (χ0n) is 11.9. The molecule has 0 saturated carbocycles. The molecule has 0 aliphatic carbocycles. The third-order valence-electron chi connectivity index (χ3n) is 3.28. The number of carbonyl (C=O) groups is 1. The fourth-order valence-corrected chi connectivity index (χ4v) is 2.45. The molecule has 1 amide bonds. The number of benzene rings is 2. The minimum Gasteiger partial charge on any atom is -0.348 e. The summed E-state index contributed by atoms with van der Waals surface area (Å²) in [6, 6.07) is 12.4. The SMILES string of the molecule is O=C(NCc1ccc(Cl)cc1)c1ccc(-n2cnnc2)cc1Cl. The van der Waals surface area contributed by atoms with Crippen molar-refractivity contribution in [2.24, 2.45) is 0 Å². The van der Waals surface area contributed by atoms with Crippen molar-refractivity contribution in [2.45, 2.75) is 6.54 Å². The molecule has 0 fully saturated rings. The van der Waals surface area contributed by atoms with E-state index in [1.807, 2.05) is 12.1 Å². The van der Waals surface area contributed by atoms with Crippen LogP contribution in [0.5, 0.6) is 0 Å². The number of aromatic nitrogens is 3. The Kier molecular flexibility index (Phi) is 4.60. The Bertz CT molecular complexity index is 817. The van der Waals surface area contributed by atoms with Crippen LogP contribution in [0.3, 0.4) is 0 Å². The lowest BCUT2D eigenvalue weighted by atomic mass is 10.1. The highest BCUT2D eigenvalue weighted by atomic mass is 35.5. The number of nitrogens with one attached hydrogen (secondary N) is 1. The molecule has 3 aromatic rings. The molecular formula is C16H12Cl2N4O. The number of nitrogens with zero attached hydrogens (tertiary/aromatic N) is 3. The van der Waals surface area contributed by atoms with Crippen LogP contribution in [0.25, 0.3) is 5.69 Å². The van der Waals surface area contributed by atoms with Crippen LogP contribution in [0, 0.1) is 0 Å². The maximum absolute atomic E-state index is 12.3. The Morgan fingerprint density at radius 1 is 1.04 bits per heavy atom. The van der Waals surface area contributed by atoms with Crippen molar-refractivity contribution in [1.82, 2.24) is 20.1 Å². The van der Waals surface area contributed by atoms with E-state index >= 15 is 0 Å². The number of hydrogen-bond donors (Lipinski definition) is 1. The van der Waals surface area contributed by atoms with E-state index < -0.39 is 0 Å². The van der Waals surface area contributed by atoms with Gasteiger partial charge in [-0.25, -0.2) is 0 Å². The van der Waals surface area contributed by atoms with Gasteiger partial charge in [0.25, 0.3) is 5.91 Å². The summed E-state index contributed by atoms with van der Waals surface area (Å²) in [5.74, 6) is -0.236. The summed E-state index contributed by atoms with van der Waals surface area (Å²) < 4.78 is 1.71. The average Bonchev–Trinajstić information content (AvgIpc) is 3.08. The van der Waals surface area contributed by atoms with Crippen LogP contribution < -0.4 is 5.32 Å². The number of halogens is 2. The van der Waals surface area contributed by atoms with Crippen LogP contribution >= 0.6 is 23.2 Å². The molecule has 1 heterocycles. The molecule has 116 valence electrons. The maximum Gasteiger partial charge on any atom is 0.253 e. The summed E-state index contributed by atoms with van der Waals surface area (Å²) in [5.41, 5.74) is 2.16. The fourth-order valence-electron chi connectivity index (χ4n) is 2.06. The van der Waals surface area contributed by atoms with Crippen LogP contribution in [-0.2, 0) is 6.54 Å². The zero-order chi connectivity index (χ0) is 16.2. The van der Waals surface area contributed by atoms with Crippen LogP contribution in [0.1, 0.15) is 15.9 Å². The van der Waals surface area contributed by atoms with Crippen molar-refractivity contribution in [1.29, 1.82) is 0 Å². The molecule has 0 atom stereocenters. The Morgan fingerprint density at radius 2 is 1.74 bits per heavy atom. The van der Waals surface area contributed by atoms with Gasteiger partial charge in [0.2, 0.25) is 0 Å². The Labute approximate surface area is 142 Å². The largest absolute Gasteiger partial charge is 0.348 e. The first kappa shape index (κ1) is 15.5. The van der Waals surface area contributed by atoms with E-state index in [1.54, 1.807) is 47.6 Å². The molecule has 0 spiro atoms. The molecule has 0 aliphatic heterocycles. The molecule has 0 bridgehead atoms. The van der Waals surface area contributed by atoms with Gasteiger partial charge < -0.3 is 5.32 Å². The maximum atomic E-state index is 12.3. The zero-order valence-corrected chi connectivity index (χ0v) is 13.4. The van der Waals surface area contributed by atoms with Crippen LogP contribution in [0.4, 0.5) is 0 Å². The highest BCUT2D eigenvalue weighted by Crippen LogP contribution is 2.20. The predicted octanol–water partition coefficient (Wildman–Crippen LogP) is 3.50. The second-order valence-corrected chi connectivity index (χ2v) is 5.69. The van der Waals surface area contributed by atoms with Gasteiger partial charge in [-0.05, 0) is 35.9 Å². The van der Waals surface area contributed by atoms with Gasteiger partial charge in [0.05, 0.1) is 10.6 Å². The summed E-state index contributed by atoms with van der Waals surface area (Å²) in [6.45, 7) is 0.402. The molecule has 1 aromatic heterocycles. The first-order valence-corrected chi connectivity index (χ1v) is 7.56. The second-order valence-electron chi connectivity index (χ2n) is 4.84. The monoisotopic (exact) mass is 346 g/mol. The van der Waals surface area contributed by atoms with Gasteiger partial charge >= 0.3 is 0 Å². The van der Waals surface area contributed by atoms with Crippen molar-refractivity contribution >= 4 is 29.1 Å². The van der Waals surface area contributed by atoms with E-state index in [0.29, 0.717) is 22.2 Å². The highest BCUT2D eigenvalue weighted by Gasteiger charge is 2.11. The van der Waals surface area contributed by atoms with Gasteiger partial charge in [0, 0.05) is 17.3 Å². The van der Waals surface area contributed by atoms with E-state index in [4.69, 9.17) is 23.2 Å². The summed E-state index contributed by atoms with van der Waals surface area (Å²) in [7, 11) is 0. The molecule has 7 heteroatoms. The number of rotatable bonds is 4. The van der Waals surface area contributed by atoms with Crippen molar-refractivity contribution in [2.75, 3.05) is 0 Å². The van der Waals surface area contributed by atoms with Crippen molar-refractivity contribution < 1.29 is 4.79 Å². The van der Waals surface area contributed by atoms with Gasteiger partial charge in [-0.2, -0.15) is 0 Å². The van der Waals surface area contributed by atoms with E-state index in [0.717, 1.165) is 11.3 Å². The summed E-state index contributed by atoms with van der Waals surface area (Å²) in [4.78, 5) is 12.3.